The first-order chi connectivity index (χ1) is 6.93. The monoisotopic (exact) mass is 190 g/mol. The van der Waals surface area contributed by atoms with Gasteiger partial charge in [0.05, 0.1) is 6.61 Å². The van der Waals surface area contributed by atoms with Crippen LogP contribution in [0.3, 0.4) is 0 Å². The molecule has 1 aromatic carbocycles. The van der Waals surface area contributed by atoms with Gasteiger partial charge < -0.3 is 4.74 Å². The van der Waals surface area contributed by atoms with E-state index < -0.39 is 0 Å². The molecule has 0 saturated heterocycles. The summed E-state index contributed by atoms with van der Waals surface area (Å²) in [6.07, 6.45) is 7.79. The predicted molar refractivity (Wildman–Crippen MR) is 60.6 cm³/mol. The van der Waals surface area contributed by atoms with Gasteiger partial charge in [-0.2, -0.15) is 0 Å². The van der Waals surface area contributed by atoms with Gasteiger partial charge in [-0.25, -0.2) is 0 Å². The molecule has 1 nitrogen and oxygen atoms in total. The Bertz CT molecular complexity index is 251. The van der Waals surface area contributed by atoms with E-state index in [1.807, 2.05) is 30.3 Å². The van der Waals surface area contributed by atoms with Gasteiger partial charge in [0, 0.05) is 0 Å². The summed E-state index contributed by atoms with van der Waals surface area (Å²) >= 11 is 0. The average molecular weight is 190 g/mol. The van der Waals surface area contributed by atoms with E-state index in [1.54, 1.807) is 0 Å². The second kappa shape index (κ2) is 7.19. The zero-order valence-corrected chi connectivity index (χ0v) is 8.78. The van der Waals surface area contributed by atoms with E-state index >= 15 is 0 Å². The summed E-state index contributed by atoms with van der Waals surface area (Å²) in [6.45, 7) is 2.95. The highest BCUT2D eigenvalue weighted by molar-refractivity contribution is 5.20. The van der Waals surface area contributed by atoms with E-state index in [0.717, 1.165) is 18.8 Å². The average Bonchev–Trinajstić information content (AvgIpc) is 2.25. The summed E-state index contributed by atoms with van der Waals surface area (Å²) in [6, 6.07) is 9.93. The highest BCUT2D eigenvalue weighted by Gasteiger charge is 1.88. The Hall–Kier alpha value is -1.24. The van der Waals surface area contributed by atoms with E-state index in [-0.39, 0.29) is 0 Å². The molecule has 0 unspecified atom stereocenters. The Kier molecular flexibility index (Phi) is 5.57. The molecule has 0 amide bonds. The number of allylic oxidation sites excluding steroid dienone is 1. The standard InChI is InChI=1S/C13H18O/c1-2-3-4-5-9-12-14-13-10-7-6-8-11-13/h4-8,10-11H,2-3,9,12H2,1H3. The largest absolute Gasteiger partial charge is 0.493 e. The number of unbranched alkanes of at least 4 members (excludes halogenated alkanes) is 1. The molecule has 0 saturated carbocycles. The normalized spacial score (nSPS) is 10.6. The third kappa shape index (κ3) is 4.70. The Labute approximate surface area is 86.4 Å². The van der Waals surface area contributed by atoms with Crippen molar-refractivity contribution in [3.8, 4) is 5.75 Å². The molecule has 0 N–H and O–H groups in total. The first kappa shape index (κ1) is 10.8. The summed E-state index contributed by atoms with van der Waals surface area (Å²) in [5.74, 6) is 0.955. The SMILES string of the molecule is CCCC=CCCOc1ccccc1. The number of hydrogen-bond acceptors (Lipinski definition) is 1. The summed E-state index contributed by atoms with van der Waals surface area (Å²) < 4.78 is 5.53. The molecular weight excluding hydrogens is 172 g/mol. The van der Waals surface area contributed by atoms with Crippen molar-refractivity contribution in [1.29, 1.82) is 0 Å². The molecule has 14 heavy (non-hydrogen) atoms. The molecule has 0 fully saturated rings. The van der Waals surface area contributed by atoms with Gasteiger partial charge in [0.2, 0.25) is 0 Å². The Balaban J connectivity index is 2.10. The van der Waals surface area contributed by atoms with Crippen molar-refractivity contribution >= 4 is 0 Å². The van der Waals surface area contributed by atoms with Crippen LogP contribution in [0.25, 0.3) is 0 Å². The van der Waals surface area contributed by atoms with Crippen LogP contribution in [0.15, 0.2) is 42.5 Å². The highest BCUT2D eigenvalue weighted by atomic mass is 16.5. The summed E-state index contributed by atoms with van der Waals surface area (Å²) in [5, 5.41) is 0. The molecule has 0 aliphatic rings. The Morgan fingerprint density at radius 3 is 2.50 bits per heavy atom. The van der Waals surface area contributed by atoms with E-state index in [2.05, 4.69) is 19.1 Å². The molecule has 0 aliphatic carbocycles. The number of ether oxygens (including phenoxy) is 1. The molecule has 0 heterocycles. The van der Waals surface area contributed by atoms with E-state index in [0.29, 0.717) is 0 Å². The fourth-order valence-corrected chi connectivity index (χ4v) is 1.16. The first-order valence-corrected chi connectivity index (χ1v) is 5.26. The van der Waals surface area contributed by atoms with E-state index in [1.165, 1.54) is 12.8 Å². The van der Waals surface area contributed by atoms with Gasteiger partial charge in [-0.1, -0.05) is 43.7 Å². The molecule has 1 rings (SSSR count). The molecule has 0 spiro atoms. The topological polar surface area (TPSA) is 9.23 Å². The first-order valence-electron chi connectivity index (χ1n) is 5.26. The number of benzene rings is 1. The van der Waals surface area contributed by atoms with Crippen molar-refractivity contribution < 1.29 is 4.74 Å². The van der Waals surface area contributed by atoms with Crippen molar-refractivity contribution in [1.82, 2.24) is 0 Å². The maximum atomic E-state index is 5.53. The number of hydrogen-bond donors (Lipinski definition) is 0. The van der Waals surface area contributed by atoms with Crippen molar-refractivity contribution in [2.45, 2.75) is 26.2 Å². The fraction of sp³-hybridized carbons (Fsp3) is 0.385. The number of rotatable bonds is 6. The maximum absolute atomic E-state index is 5.53. The minimum atomic E-state index is 0.768. The highest BCUT2D eigenvalue weighted by Crippen LogP contribution is 2.08. The van der Waals surface area contributed by atoms with Crippen LogP contribution < -0.4 is 4.74 Å². The smallest absolute Gasteiger partial charge is 0.119 e. The summed E-state index contributed by atoms with van der Waals surface area (Å²) in [4.78, 5) is 0. The second-order valence-corrected chi connectivity index (χ2v) is 3.21. The zero-order chi connectivity index (χ0) is 10.1. The Morgan fingerprint density at radius 1 is 1.07 bits per heavy atom. The van der Waals surface area contributed by atoms with Crippen LogP contribution in [0.5, 0.6) is 5.75 Å². The van der Waals surface area contributed by atoms with Crippen LogP contribution in [0.4, 0.5) is 0 Å². The van der Waals surface area contributed by atoms with Gasteiger partial charge in [-0.05, 0) is 25.0 Å². The van der Waals surface area contributed by atoms with Gasteiger partial charge in [0.25, 0.3) is 0 Å². The zero-order valence-electron chi connectivity index (χ0n) is 8.78. The van der Waals surface area contributed by atoms with Crippen molar-refractivity contribution in [2.75, 3.05) is 6.61 Å². The quantitative estimate of drug-likeness (QED) is 0.489. The predicted octanol–water partition coefficient (Wildman–Crippen LogP) is 3.81. The van der Waals surface area contributed by atoms with Gasteiger partial charge >= 0.3 is 0 Å². The van der Waals surface area contributed by atoms with E-state index in [4.69, 9.17) is 4.74 Å². The minimum absolute atomic E-state index is 0.768. The lowest BCUT2D eigenvalue weighted by Gasteiger charge is -2.02. The van der Waals surface area contributed by atoms with Crippen molar-refractivity contribution in [2.24, 2.45) is 0 Å². The van der Waals surface area contributed by atoms with Gasteiger partial charge in [0.15, 0.2) is 0 Å². The molecule has 0 aliphatic heterocycles. The third-order valence-electron chi connectivity index (χ3n) is 1.92. The lowest BCUT2D eigenvalue weighted by molar-refractivity contribution is 0.325. The van der Waals surface area contributed by atoms with Crippen LogP contribution in [-0.2, 0) is 0 Å². The molecule has 1 aromatic rings. The van der Waals surface area contributed by atoms with Crippen molar-refractivity contribution in [3.63, 3.8) is 0 Å². The van der Waals surface area contributed by atoms with E-state index in [9.17, 15) is 0 Å². The molecular formula is C13H18O. The summed E-state index contributed by atoms with van der Waals surface area (Å²) in [5.41, 5.74) is 0. The molecule has 0 radical (unpaired) electrons. The number of para-hydroxylation sites is 1. The Morgan fingerprint density at radius 2 is 1.79 bits per heavy atom. The fourth-order valence-electron chi connectivity index (χ4n) is 1.16. The lowest BCUT2D eigenvalue weighted by Crippen LogP contribution is -1.94. The van der Waals surface area contributed by atoms with Gasteiger partial charge in [-0.15, -0.1) is 0 Å². The van der Waals surface area contributed by atoms with Crippen LogP contribution in [0.1, 0.15) is 26.2 Å². The third-order valence-corrected chi connectivity index (χ3v) is 1.92. The molecule has 0 aromatic heterocycles. The van der Waals surface area contributed by atoms with Crippen LogP contribution in [0, 0.1) is 0 Å². The van der Waals surface area contributed by atoms with Crippen LogP contribution >= 0.6 is 0 Å². The maximum Gasteiger partial charge on any atom is 0.119 e. The van der Waals surface area contributed by atoms with Crippen molar-refractivity contribution in [3.05, 3.63) is 42.5 Å². The minimum Gasteiger partial charge on any atom is -0.493 e. The summed E-state index contributed by atoms with van der Waals surface area (Å²) in [7, 11) is 0. The molecule has 76 valence electrons. The van der Waals surface area contributed by atoms with Crippen LogP contribution in [0.2, 0.25) is 0 Å². The van der Waals surface area contributed by atoms with Crippen LogP contribution in [-0.4, -0.2) is 6.61 Å². The molecule has 0 bridgehead atoms. The lowest BCUT2D eigenvalue weighted by atomic mass is 10.3. The second-order valence-electron chi connectivity index (χ2n) is 3.21. The van der Waals surface area contributed by atoms with Gasteiger partial charge in [0.1, 0.15) is 5.75 Å². The molecule has 0 atom stereocenters. The molecule has 1 heteroatoms. The van der Waals surface area contributed by atoms with Gasteiger partial charge in [-0.3, -0.25) is 0 Å².